The number of nitrogens with zero attached hydrogens (tertiary/aromatic N) is 2. The molecule has 0 radical (unpaired) electrons. The van der Waals surface area contributed by atoms with Gasteiger partial charge in [-0.1, -0.05) is 31.5 Å². The molecule has 0 saturated carbocycles. The SMILES string of the molecule is CCC[C@@H]1N(C(=O)c2cnc[nH]2)CC[C@]12C(=O)Nc1ccccc12. The molecule has 1 spiro atoms. The Bertz CT molecular complexity index is 786. The van der Waals surface area contributed by atoms with Crippen LogP contribution >= 0.6 is 0 Å². The second-order valence-electron chi connectivity index (χ2n) is 6.49. The van der Waals surface area contributed by atoms with Crippen LogP contribution in [0.3, 0.4) is 0 Å². The van der Waals surface area contributed by atoms with E-state index in [4.69, 9.17) is 0 Å². The van der Waals surface area contributed by atoms with Gasteiger partial charge in [-0.15, -0.1) is 0 Å². The number of aromatic nitrogens is 2. The van der Waals surface area contributed by atoms with Crippen molar-refractivity contribution in [1.82, 2.24) is 14.9 Å². The van der Waals surface area contributed by atoms with Crippen molar-refractivity contribution in [2.24, 2.45) is 0 Å². The molecule has 2 atom stereocenters. The Labute approximate surface area is 140 Å². The first-order chi connectivity index (χ1) is 11.7. The number of anilines is 1. The molecule has 1 saturated heterocycles. The third-order valence-corrected chi connectivity index (χ3v) is 5.30. The van der Waals surface area contributed by atoms with Gasteiger partial charge in [0.1, 0.15) is 5.69 Å². The van der Waals surface area contributed by atoms with Gasteiger partial charge in [-0.2, -0.15) is 0 Å². The molecule has 2 aliphatic rings. The molecule has 1 aromatic heterocycles. The van der Waals surface area contributed by atoms with Crippen molar-refractivity contribution in [2.45, 2.75) is 37.6 Å². The number of aromatic amines is 1. The summed E-state index contributed by atoms with van der Waals surface area (Å²) in [4.78, 5) is 34.5. The summed E-state index contributed by atoms with van der Waals surface area (Å²) in [5.41, 5.74) is 1.73. The molecule has 6 nitrogen and oxygen atoms in total. The standard InChI is InChI=1S/C18H20N4O2/c1-2-5-15-18(12-6-3-4-7-13(12)21-17(18)24)8-9-22(15)16(23)14-10-19-11-20-14/h3-4,6-7,10-11,15H,2,5,8-9H2,1H3,(H,19,20)(H,21,24)/t15-,18+/m0/s1. The minimum Gasteiger partial charge on any atom is -0.341 e. The van der Waals surface area contributed by atoms with Crippen molar-refractivity contribution in [1.29, 1.82) is 0 Å². The highest BCUT2D eigenvalue weighted by atomic mass is 16.2. The number of rotatable bonds is 3. The first kappa shape index (κ1) is 14.9. The monoisotopic (exact) mass is 324 g/mol. The van der Waals surface area contributed by atoms with E-state index in [1.807, 2.05) is 29.2 Å². The van der Waals surface area contributed by atoms with E-state index in [1.165, 1.54) is 6.33 Å². The highest BCUT2D eigenvalue weighted by Gasteiger charge is 2.58. The molecular formula is C18H20N4O2. The van der Waals surface area contributed by atoms with Crippen LogP contribution in [0.5, 0.6) is 0 Å². The van der Waals surface area contributed by atoms with Gasteiger partial charge in [0, 0.05) is 12.2 Å². The zero-order valence-corrected chi connectivity index (χ0v) is 13.6. The van der Waals surface area contributed by atoms with Crippen LogP contribution in [-0.4, -0.2) is 39.3 Å². The maximum Gasteiger partial charge on any atom is 0.272 e. The number of imidazole rings is 1. The van der Waals surface area contributed by atoms with Gasteiger partial charge in [-0.25, -0.2) is 4.98 Å². The van der Waals surface area contributed by atoms with E-state index in [0.717, 1.165) is 24.1 Å². The summed E-state index contributed by atoms with van der Waals surface area (Å²) in [5.74, 6) is -0.0675. The van der Waals surface area contributed by atoms with E-state index in [1.54, 1.807) is 6.20 Å². The molecular weight excluding hydrogens is 304 g/mol. The average molecular weight is 324 g/mol. The van der Waals surface area contributed by atoms with E-state index >= 15 is 0 Å². The second kappa shape index (κ2) is 5.47. The summed E-state index contributed by atoms with van der Waals surface area (Å²) in [6, 6.07) is 7.70. The van der Waals surface area contributed by atoms with Crippen LogP contribution in [0.1, 0.15) is 42.2 Å². The molecule has 2 aromatic rings. The van der Waals surface area contributed by atoms with E-state index in [9.17, 15) is 9.59 Å². The van der Waals surface area contributed by atoms with Gasteiger partial charge in [-0.05, 0) is 24.5 Å². The molecule has 0 unspecified atom stereocenters. The quantitative estimate of drug-likeness (QED) is 0.909. The van der Waals surface area contributed by atoms with Gasteiger partial charge in [-0.3, -0.25) is 9.59 Å². The Morgan fingerprint density at radius 3 is 3.00 bits per heavy atom. The molecule has 2 amide bonds. The highest BCUT2D eigenvalue weighted by molar-refractivity contribution is 6.08. The van der Waals surface area contributed by atoms with E-state index in [-0.39, 0.29) is 17.9 Å². The molecule has 1 fully saturated rings. The summed E-state index contributed by atoms with van der Waals surface area (Å²) < 4.78 is 0. The van der Waals surface area contributed by atoms with Crippen molar-refractivity contribution in [3.63, 3.8) is 0 Å². The number of para-hydroxylation sites is 1. The fourth-order valence-corrected chi connectivity index (χ4v) is 4.25. The Hall–Kier alpha value is -2.63. The first-order valence-corrected chi connectivity index (χ1v) is 8.38. The van der Waals surface area contributed by atoms with Gasteiger partial charge >= 0.3 is 0 Å². The molecule has 2 aliphatic heterocycles. The third kappa shape index (κ3) is 1.92. The van der Waals surface area contributed by atoms with E-state index in [2.05, 4.69) is 22.2 Å². The number of fused-ring (bicyclic) bond motifs is 2. The molecule has 0 bridgehead atoms. The molecule has 3 heterocycles. The highest BCUT2D eigenvalue weighted by Crippen LogP contribution is 2.49. The van der Waals surface area contributed by atoms with Crippen LogP contribution < -0.4 is 5.32 Å². The van der Waals surface area contributed by atoms with Crippen molar-refractivity contribution in [3.8, 4) is 0 Å². The Morgan fingerprint density at radius 1 is 1.42 bits per heavy atom. The maximum absolute atomic E-state index is 12.9. The fraction of sp³-hybridized carbons (Fsp3) is 0.389. The van der Waals surface area contributed by atoms with Crippen molar-refractivity contribution < 1.29 is 9.59 Å². The molecule has 24 heavy (non-hydrogen) atoms. The zero-order chi connectivity index (χ0) is 16.7. The smallest absolute Gasteiger partial charge is 0.272 e. The number of benzene rings is 1. The number of hydrogen-bond acceptors (Lipinski definition) is 3. The number of carbonyl (C=O) groups is 2. The lowest BCUT2D eigenvalue weighted by Gasteiger charge is -2.33. The predicted octanol–water partition coefficient (Wildman–Crippen LogP) is 2.31. The van der Waals surface area contributed by atoms with Crippen LogP contribution in [0.2, 0.25) is 0 Å². The van der Waals surface area contributed by atoms with Crippen LogP contribution in [0.25, 0.3) is 0 Å². The maximum atomic E-state index is 12.9. The topological polar surface area (TPSA) is 78.1 Å². The van der Waals surface area contributed by atoms with Crippen molar-refractivity contribution in [2.75, 3.05) is 11.9 Å². The lowest BCUT2D eigenvalue weighted by atomic mass is 9.73. The number of H-pyrrole nitrogens is 1. The summed E-state index contributed by atoms with van der Waals surface area (Å²) in [6.07, 6.45) is 5.40. The Kier molecular flexibility index (Phi) is 3.40. The minimum atomic E-state index is -0.637. The van der Waals surface area contributed by atoms with Crippen LogP contribution in [-0.2, 0) is 10.2 Å². The van der Waals surface area contributed by atoms with Gasteiger partial charge in [0.05, 0.1) is 24.0 Å². The van der Waals surface area contributed by atoms with E-state index < -0.39 is 5.41 Å². The van der Waals surface area contributed by atoms with Crippen LogP contribution in [0.15, 0.2) is 36.8 Å². The molecule has 2 N–H and O–H groups in total. The zero-order valence-electron chi connectivity index (χ0n) is 13.6. The molecule has 4 rings (SSSR count). The van der Waals surface area contributed by atoms with Gasteiger partial charge in [0.15, 0.2) is 0 Å². The number of amides is 2. The van der Waals surface area contributed by atoms with Gasteiger partial charge < -0.3 is 15.2 Å². The Morgan fingerprint density at radius 2 is 2.25 bits per heavy atom. The number of carbonyl (C=O) groups excluding carboxylic acids is 2. The number of likely N-dealkylation sites (tertiary alicyclic amines) is 1. The molecule has 0 aliphatic carbocycles. The number of hydrogen-bond donors (Lipinski definition) is 2. The lowest BCUT2D eigenvalue weighted by molar-refractivity contribution is -0.121. The van der Waals surface area contributed by atoms with Crippen LogP contribution in [0, 0.1) is 0 Å². The molecule has 6 heteroatoms. The average Bonchev–Trinajstić information content (AvgIpc) is 3.29. The summed E-state index contributed by atoms with van der Waals surface area (Å²) in [5, 5.41) is 3.02. The Balaban J connectivity index is 1.77. The first-order valence-electron chi connectivity index (χ1n) is 8.38. The summed E-state index contributed by atoms with van der Waals surface area (Å²) in [7, 11) is 0. The normalized spacial score (nSPS) is 25.1. The summed E-state index contributed by atoms with van der Waals surface area (Å²) >= 11 is 0. The van der Waals surface area contributed by atoms with Crippen molar-refractivity contribution in [3.05, 3.63) is 48.0 Å². The van der Waals surface area contributed by atoms with Gasteiger partial charge in [0.25, 0.3) is 5.91 Å². The van der Waals surface area contributed by atoms with Crippen LogP contribution in [0.4, 0.5) is 5.69 Å². The number of nitrogens with one attached hydrogen (secondary N) is 2. The molecule has 124 valence electrons. The fourth-order valence-electron chi connectivity index (χ4n) is 4.25. The third-order valence-electron chi connectivity index (χ3n) is 5.30. The lowest BCUT2D eigenvalue weighted by Crippen LogP contribution is -2.48. The minimum absolute atomic E-state index is 0.0158. The predicted molar refractivity (Wildman–Crippen MR) is 89.7 cm³/mol. The molecule has 1 aromatic carbocycles. The van der Waals surface area contributed by atoms with Gasteiger partial charge in [0.2, 0.25) is 5.91 Å². The van der Waals surface area contributed by atoms with E-state index in [0.29, 0.717) is 18.7 Å². The summed E-state index contributed by atoms with van der Waals surface area (Å²) in [6.45, 7) is 2.66. The second-order valence-corrected chi connectivity index (χ2v) is 6.49. The largest absolute Gasteiger partial charge is 0.341 e. The van der Waals surface area contributed by atoms with Crippen molar-refractivity contribution >= 4 is 17.5 Å².